The Morgan fingerprint density at radius 1 is 1.50 bits per heavy atom. The number of methoxy groups -OCH3 is 1. The first kappa shape index (κ1) is 13.1. The van der Waals surface area contributed by atoms with Crippen LogP contribution in [0.5, 0.6) is 0 Å². The van der Waals surface area contributed by atoms with Gasteiger partial charge in [-0.2, -0.15) is 0 Å². The molecule has 0 unspecified atom stereocenters. The Labute approximate surface area is 84.2 Å². The zero-order chi connectivity index (χ0) is 10.8. The van der Waals surface area contributed by atoms with Gasteiger partial charge in [-0.3, -0.25) is 4.79 Å². The lowest BCUT2D eigenvalue weighted by molar-refractivity contribution is -0.140. The Bertz CT molecular complexity index is 177. The van der Waals surface area contributed by atoms with Crippen molar-refractivity contribution >= 4 is 5.97 Å². The predicted octanol–water partition coefficient (Wildman–Crippen LogP) is 0.629. The molecule has 4 nitrogen and oxygen atoms in total. The quantitative estimate of drug-likeness (QED) is 0.361. The summed E-state index contributed by atoms with van der Waals surface area (Å²) in [6.45, 7) is -0.216. The predicted molar refractivity (Wildman–Crippen MR) is 52.7 cm³/mol. The van der Waals surface area contributed by atoms with E-state index >= 15 is 0 Å². The van der Waals surface area contributed by atoms with Crippen LogP contribution in [-0.2, 0) is 9.53 Å². The van der Waals surface area contributed by atoms with Gasteiger partial charge in [-0.15, -0.1) is 0 Å². The van der Waals surface area contributed by atoms with Crippen molar-refractivity contribution in [2.45, 2.75) is 31.8 Å². The molecule has 0 spiro atoms. The maximum atomic E-state index is 10.7. The molecule has 0 amide bonds. The molecule has 0 aromatic heterocycles. The zero-order valence-electron chi connectivity index (χ0n) is 8.48. The number of hydrogen-bond donors (Lipinski definition) is 2. The molecule has 0 rings (SSSR count). The lowest BCUT2D eigenvalue weighted by Crippen LogP contribution is -2.09. The van der Waals surface area contributed by atoms with Crippen LogP contribution in [0.4, 0.5) is 0 Å². The molecule has 0 saturated carbocycles. The Morgan fingerprint density at radius 3 is 2.79 bits per heavy atom. The molecule has 0 heterocycles. The normalized spacial score (nSPS) is 13.1. The summed E-state index contributed by atoms with van der Waals surface area (Å²) in [5.74, 6) is -0.200. The van der Waals surface area contributed by atoms with Gasteiger partial charge in [0, 0.05) is 6.42 Å². The molecular formula is C10H18O4. The first-order chi connectivity index (χ1) is 6.70. The number of hydrogen-bond acceptors (Lipinski definition) is 4. The maximum absolute atomic E-state index is 10.7. The fourth-order valence-electron chi connectivity index (χ4n) is 0.912. The minimum atomic E-state index is -0.674. The second-order valence-corrected chi connectivity index (χ2v) is 3.01. The third kappa shape index (κ3) is 7.76. The summed E-state index contributed by atoms with van der Waals surface area (Å²) in [6.07, 6.45) is 5.43. The van der Waals surface area contributed by atoms with Gasteiger partial charge in [-0.05, 0) is 19.3 Å². The van der Waals surface area contributed by atoms with Gasteiger partial charge in [-0.25, -0.2) is 0 Å². The van der Waals surface area contributed by atoms with E-state index in [0.29, 0.717) is 12.8 Å². The molecule has 0 bridgehead atoms. The summed E-state index contributed by atoms with van der Waals surface area (Å²) in [6, 6.07) is 0. The van der Waals surface area contributed by atoms with Crippen molar-refractivity contribution in [3.05, 3.63) is 12.2 Å². The van der Waals surface area contributed by atoms with Gasteiger partial charge in [0.15, 0.2) is 0 Å². The van der Waals surface area contributed by atoms with Crippen LogP contribution in [0.2, 0.25) is 0 Å². The van der Waals surface area contributed by atoms with E-state index in [1.54, 1.807) is 6.08 Å². The number of carbonyl (C=O) groups excluding carboxylic acids is 1. The fraction of sp³-hybridized carbons (Fsp3) is 0.700. The molecule has 0 aliphatic carbocycles. The lowest BCUT2D eigenvalue weighted by atomic mass is 10.2. The average molecular weight is 202 g/mol. The molecule has 0 aromatic carbocycles. The summed E-state index contributed by atoms with van der Waals surface area (Å²) in [7, 11) is 1.37. The molecule has 14 heavy (non-hydrogen) atoms. The molecule has 82 valence electrons. The molecule has 1 atom stereocenters. The second kappa shape index (κ2) is 8.72. The van der Waals surface area contributed by atoms with Crippen LogP contribution >= 0.6 is 0 Å². The van der Waals surface area contributed by atoms with E-state index in [9.17, 15) is 4.79 Å². The largest absolute Gasteiger partial charge is 0.469 e. The van der Waals surface area contributed by atoms with Crippen LogP contribution in [0.1, 0.15) is 25.7 Å². The molecule has 0 aromatic rings. The molecule has 0 fully saturated rings. The SMILES string of the molecule is COC(=O)CCC/C=C\C[C@H](O)CO. The standard InChI is InChI=1S/C10H18O4/c1-14-10(13)7-5-3-2-4-6-9(12)8-11/h2,4,9,11-12H,3,5-8H2,1H3/b4-2-/t9-/m0/s1. The minimum Gasteiger partial charge on any atom is -0.469 e. The topological polar surface area (TPSA) is 66.8 Å². The van der Waals surface area contributed by atoms with Crippen molar-refractivity contribution in [1.29, 1.82) is 0 Å². The fourth-order valence-corrected chi connectivity index (χ4v) is 0.912. The van der Waals surface area contributed by atoms with Crippen LogP contribution in [-0.4, -0.2) is 36.0 Å². The van der Waals surface area contributed by atoms with Gasteiger partial charge >= 0.3 is 5.97 Å². The molecule has 2 N–H and O–H groups in total. The molecule has 0 saturated heterocycles. The van der Waals surface area contributed by atoms with Crippen molar-refractivity contribution in [3.8, 4) is 0 Å². The van der Waals surface area contributed by atoms with Gasteiger partial charge in [0.25, 0.3) is 0 Å². The van der Waals surface area contributed by atoms with Gasteiger partial charge in [0.2, 0.25) is 0 Å². The maximum Gasteiger partial charge on any atom is 0.305 e. The Morgan fingerprint density at radius 2 is 2.21 bits per heavy atom. The first-order valence-corrected chi connectivity index (χ1v) is 4.71. The van der Waals surface area contributed by atoms with Crippen LogP contribution in [0.15, 0.2) is 12.2 Å². The van der Waals surface area contributed by atoms with Crippen LogP contribution < -0.4 is 0 Å². The lowest BCUT2D eigenvalue weighted by Gasteiger charge is -2.00. The Kier molecular flexibility index (Phi) is 8.17. The number of rotatable bonds is 7. The highest BCUT2D eigenvalue weighted by Crippen LogP contribution is 2.00. The monoisotopic (exact) mass is 202 g/mol. The van der Waals surface area contributed by atoms with E-state index in [2.05, 4.69) is 4.74 Å². The number of esters is 1. The third-order valence-electron chi connectivity index (χ3n) is 1.76. The third-order valence-corrected chi connectivity index (χ3v) is 1.76. The van der Waals surface area contributed by atoms with Crippen molar-refractivity contribution in [2.75, 3.05) is 13.7 Å². The molecule has 0 aliphatic heterocycles. The Hall–Kier alpha value is -0.870. The van der Waals surface area contributed by atoms with Crippen molar-refractivity contribution in [1.82, 2.24) is 0 Å². The summed E-state index contributed by atoms with van der Waals surface area (Å²) < 4.78 is 4.48. The number of ether oxygens (including phenoxy) is 1. The average Bonchev–Trinajstić information content (AvgIpc) is 2.22. The van der Waals surface area contributed by atoms with E-state index < -0.39 is 6.10 Å². The summed E-state index contributed by atoms with van der Waals surface area (Å²) in [4.78, 5) is 10.7. The number of allylic oxidation sites excluding steroid dienone is 1. The number of unbranched alkanes of at least 4 members (excludes halogenated alkanes) is 1. The van der Waals surface area contributed by atoms with Gasteiger partial charge in [-0.1, -0.05) is 12.2 Å². The number of aliphatic hydroxyl groups excluding tert-OH is 2. The van der Waals surface area contributed by atoms with E-state index in [0.717, 1.165) is 12.8 Å². The summed E-state index contributed by atoms with van der Waals surface area (Å²) in [5.41, 5.74) is 0. The van der Waals surface area contributed by atoms with Crippen LogP contribution in [0, 0.1) is 0 Å². The minimum absolute atomic E-state index is 0.200. The highest BCUT2D eigenvalue weighted by atomic mass is 16.5. The van der Waals surface area contributed by atoms with Crippen LogP contribution in [0.25, 0.3) is 0 Å². The molecule has 0 radical (unpaired) electrons. The second-order valence-electron chi connectivity index (χ2n) is 3.01. The summed E-state index contributed by atoms with van der Waals surface area (Å²) in [5, 5.41) is 17.5. The molecular weight excluding hydrogens is 184 g/mol. The van der Waals surface area contributed by atoms with Crippen LogP contribution in [0.3, 0.4) is 0 Å². The number of carbonyl (C=O) groups is 1. The van der Waals surface area contributed by atoms with Gasteiger partial charge in [0.05, 0.1) is 19.8 Å². The van der Waals surface area contributed by atoms with Gasteiger partial charge in [0.1, 0.15) is 0 Å². The van der Waals surface area contributed by atoms with E-state index in [1.165, 1.54) is 7.11 Å². The van der Waals surface area contributed by atoms with Gasteiger partial charge < -0.3 is 14.9 Å². The van der Waals surface area contributed by atoms with Crippen molar-refractivity contribution < 1.29 is 19.7 Å². The highest BCUT2D eigenvalue weighted by molar-refractivity contribution is 5.68. The first-order valence-electron chi connectivity index (χ1n) is 4.71. The van der Waals surface area contributed by atoms with Crippen molar-refractivity contribution in [2.24, 2.45) is 0 Å². The van der Waals surface area contributed by atoms with Crippen molar-refractivity contribution in [3.63, 3.8) is 0 Å². The summed E-state index contributed by atoms with van der Waals surface area (Å²) >= 11 is 0. The Balaban J connectivity index is 3.31. The van der Waals surface area contributed by atoms with E-state index in [1.807, 2.05) is 6.08 Å². The number of aliphatic hydroxyl groups is 2. The molecule has 4 heteroatoms. The van der Waals surface area contributed by atoms with E-state index in [-0.39, 0.29) is 12.6 Å². The van der Waals surface area contributed by atoms with E-state index in [4.69, 9.17) is 10.2 Å². The zero-order valence-corrected chi connectivity index (χ0v) is 8.48. The highest BCUT2D eigenvalue weighted by Gasteiger charge is 1.98. The smallest absolute Gasteiger partial charge is 0.305 e. The molecule has 0 aliphatic rings.